The number of hydrogen-bond acceptors (Lipinski definition) is 3. The molecule has 0 aliphatic carbocycles. The Balaban J connectivity index is 1.96. The maximum absolute atomic E-state index is 15.5. The molecule has 1 unspecified atom stereocenters. The molecule has 11 heteroatoms. The predicted molar refractivity (Wildman–Crippen MR) is 128 cm³/mol. The van der Waals surface area contributed by atoms with Crippen molar-refractivity contribution < 1.29 is 31.5 Å². The first-order chi connectivity index (χ1) is 17.9. The van der Waals surface area contributed by atoms with E-state index in [9.17, 15) is 32.4 Å². The quantitative estimate of drug-likeness (QED) is 0.300. The van der Waals surface area contributed by atoms with Crippen molar-refractivity contribution in [1.82, 2.24) is 5.32 Å². The van der Waals surface area contributed by atoms with Crippen molar-refractivity contribution in [3.8, 4) is 17.2 Å². The van der Waals surface area contributed by atoms with E-state index in [4.69, 9.17) is 17.3 Å². The number of hydrogen-bond donors (Lipinski definition) is 2. The number of alkyl halides is 3. The normalized spacial score (nSPS) is 14.8. The lowest BCUT2D eigenvalue weighted by Gasteiger charge is -2.21. The Morgan fingerprint density at radius 2 is 1.76 bits per heavy atom. The average molecular weight is 542 g/mol. The van der Waals surface area contributed by atoms with E-state index in [1.165, 1.54) is 30.3 Å². The van der Waals surface area contributed by atoms with E-state index >= 15 is 4.39 Å². The molecule has 1 aliphatic heterocycles. The Labute approximate surface area is 216 Å². The van der Waals surface area contributed by atoms with Gasteiger partial charge in [-0.2, -0.15) is 18.4 Å². The zero-order valence-electron chi connectivity index (χ0n) is 18.9. The van der Waals surface area contributed by atoms with Gasteiger partial charge in [-0.05, 0) is 53.4 Å². The van der Waals surface area contributed by atoms with Crippen LogP contribution < -0.4 is 11.1 Å². The van der Waals surface area contributed by atoms with Crippen LogP contribution in [-0.4, -0.2) is 11.8 Å². The number of carbonyl (C=O) groups excluding carboxylic acids is 2. The fourth-order valence-electron chi connectivity index (χ4n) is 4.77. The van der Waals surface area contributed by atoms with Crippen LogP contribution in [0.3, 0.4) is 0 Å². The first-order valence-corrected chi connectivity index (χ1v) is 11.3. The molecule has 4 aromatic carbocycles. The standard InChI is InChI=1S/C27H13ClF5N3O2/c28-19-5-4-13(29)8-16(19)24-22-17(21-18(25(35)37)6-12(7-20(21)30)27(31,32)33)9-15-11(10-34)2-1-3-14(15)23(22)26(38)36-24/h1-9,24H,(H2,35,37)(H,36,38). The van der Waals surface area contributed by atoms with Gasteiger partial charge in [0.2, 0.25) is 5.91 Å². The van der Waals surface area contributed by atoms with Crippen molar-refractivity contribution in [2.24, 2.45) is 5.73 Å². The summed E-state index contributed by atoms with van der Waals surface area (Å²) in [7, 11) is 0. The predicted octanol–water partition coefficient (Wildman–Crippen LogP) is 6.26. The van der Waals surface area contributed by atoms with Gasteiger partial charge in [0.15, 0.2) is 0 Å². The average Bonchev–Trinajstić information content (AvgIpc) is 3.21. The second kappa shape index (κ2) is 8.82. The molecule has 2 amide bonds. The third kappa shape index (κ3) is 3.92. The van der Waals surface area contributed by atoms with Gasteiger partial charge in [0.1, 0.15) is 11.6 Å². The minimum Gasteiger partial charge on any atom is -0.366 e. The van der Waals surface area contributed by atoms with Crippen LogP contribution >= 0.6 is 11.6 Å². The SMILES string of the molecule is N#Cc1cccc2c3c(c(-c4c(F)cc(C(F)(F)F)cc4C(N)=O)cc12)C(c1cc(F)ccc1Cl)NC3=O. The molecule has 0 spiro atoms. The summed E-state index contributed by atoms with van der Waals surface area (Å²) in [4.78, 5) is 25.6. The molecule has 1 aliphatic rings. The Morgan fingerprint density at radius 1 is 1.03 bits per heavy atom. The lowest BCUT2D eigenvalue weighted by molar-refractivity contribution is -0.137. The molecular weight excluding hydrogens is 529 g/mol. The van der Waals surface area contributed by atoms with Crippen LogP contribution in [0.2, 0.25) is 5.02 Å². The van der Waals surface area contributed by atoms with Crippen molar-refractivity contribution in [3.05, 3.63) is 105 Å². The molecule has 38 heavy (non-hydrogen) atoms. The number of halogens is 6. The summed E-state index contributed by atoms with van der Waals surface area (Å²) >= 11 is 6.30. The molecule has 190 valence electrons. The molecule has 5 nitrogen and oxygen atoms in total. The molecule has 1 atom stereocenters. The van der Waals surface area contributed by atoms with Crippen molar-refractivity contribution in [2.45, 2.75) is 12.2 Å². The number of rotatable bonds is 3. The van der Waals surface area contributed by atoms with E-state index in [1.54, 1.807) is 0 Å². The number of benzene rings is 4. The second-order valence-electron chi connectivity index (χ2n) is 8.54. The summed E-state index contributed by atoms with van der Waals surface area (Å²) in [5.41, 5.74) is 2.53. The smallest absolute Gasteiger partial charge is 0.366 e. The number of fused-ring (bicyclic) bond motifs is 3. The van der Waals surface area contributed by atoms with Crippen molar-refractivity contribution in [3.63, 3.8) is 0 Å². The van der Waals surface area contributed by atoms with Gasteiger partial charge in [-0.1, -0.05) is 23.7 Å². The van der Waals surface area contributed by atoms with Crippen LogP contribution in [0, 0.1) is 23.0 Å². The van der Waals surface area contributed by atoms with Crippen LogP contribution in [-0.2, 0) is 6.18 Å². The summed E-state index contributed by atoms with van der Waals surface area (Å²) in [6, 6.07) is 10.6. The number of nitrogens with one attached hydrogen (secondary N) is 1. The highest BCUT2D eigenvalue weighted by atomic mass is 35.5. The number of primary amides is 1. The minimum atomic E-state index is -4.99. The highest BCUT2D eigenvalue weighted by molar-refractivity contribution is 6.31. The zero-order chi connectivity index (χ0) is 27.5. The molecule has 0 saturated carbocycles. The number of nitrogens with two attached hydrogens (primary N) is 1. The van der Waals surface area contributed by atoms with Gasteiger partial charge in [-0.25, -0.2) is 8.78 Å². The first-order valence-electron chi connectivity index (χ1n) is 10.9. The maximum atomic E-state index is 15.5. The van der Waals surface area contributed by atoms with Gasteiger partial charge in [0.05, 0.1) is 34.4 Å². The molecule has 0 saturated heterocycles. The number of amides is 2. The van der Waals surface area contributed by atoms with Crippen molar-refractivity contribution >= 4 is 34.2 Å². The number of nitriles is 1. The van der Waals surface area contributed by atoms with E-state index in [0.717, 1.165) is 12.1 Å². The Bertz CT molecular complexity index is 1740. The molecule has 0 aromatic heterocycles. The molecule has 0 radical (unpaired) electrons. The van der Waals surface area contributed by atoms with Crippen LogP contribution in [0.1, 0.15) is 49.0 Å². The van der Waals surface area contributed by atoms with Gasteiger partial charge in [0.25, 0.3) is 5.91 Å². The largest absolute Gasteiger partial charge is 0.416 e. The van der Waals surface area contributed by atoms with Crippen LogP contribution in [0.25, 0.3) is 21.9 Å². The van der Waals surface area contributed by atoms with Gasteiger partial charge in [0, 0.05) is 27.1 Å². The molecule has 0 bridgehead atoms. The summed E-state index contributed by atoms with van der Waals surface area (Å²) in [6.07, 6.45) is -4.99. The number of carbonyl (C=O) groups is 2. The lowest BCUT2D eigenvalue weighted by atomic mass is 9.84. The summed E-state index contributed by atoms with van der Waals surface area (Å²) in [5, 5.41) is 12.8. The Kier molecular flexibility index (Phi) is 5.84. The van der Waals surface area contributed by atoms with Crippen molar-refractivity contribution in [2.75, 3.05) is 0 Å². The molecule has 0 fully saturated rings. The van der Waals surface area contributed by atoms with E-state index in [1.807, 2.05) is 6.07 Å². The first kappa shape index (κ1) is 25.2. The van der Waals surface area contributed by atoms with Gasteiger partial charge >= 0.3 is 6.18 Å². The van der Waals surface area contributed by atoms with Crippen LogP contribution in [0.5, 0.6) is 0 Å². The molecule has 4 aromatic rings. The summed E-state index contributed by atoms with van der Waals surface area (Å²) in [6.45, 7) is 0. The molecular formula is C27H13ClF5N3O2. The summed E-state index contributed by atoms with van der Waals surface area (Å²) in [5.74, 6) is -4.17. The third-order valence-electron chi connectivity index (χ3n) is 6.36. The fraction of sp³-hybridized carbons (Fsp3) is 0.0741. The topological polar surface area (TPSA) is 96.0 Å². The minimum absolute atomic E-state index is 0.0327. The van der Waals surface area contributed by atoms with Crippen molar-refractivity contribution in [1.29, 1.82) is 5.26 Å². The van der Waals surface area contributed by atoms with Crippen LogP contribution in [0.4, 0.5) is 22.0 Å². The molecule has 1 heterocycles. The van der Waals surface area contributed by atoms with E-state index in [-0.39, 0.29) is 49.7 Å². The zero-order valence-corrected chi connectivity index (χ0v) is 19.6. The Morgan fingerprint density at radius 3 is 2.42 bits per heavy atom. The second-order valence-corrected chi connectivity index (χ2v) is 8.95. The maximum Gasteiger partial charge on any atom is 0.416 e. The summed E-state index contributed by atoms with van der Waals surface area (Å²) < 4.78 is 70.0. The van der Waals surface area contributed by atoms with Gasteiger partial charge in [-0.3, -0.25) is 9.59 Å². The monoisotopic (exact) mass is 541 g/mol. The van der Waals surface area contributed by atoms with E-state index in [0.29, 0.717) is 6.07 Å². The fourth-order valence-corrected chi connectivity index (χ4v) is 5.00. The highest BCUT2D eigenvalue weighted by Crippen LogP contribution is 2.46. The van der Waals surface area contributed by atoms with E-state index < -0.39 is 52.4 Å². The van der Waals surface area contributed by atoms with Crippen LogP contribution in [0.15, 0.2) is 54.6 Å². The highest BCUT2D eigenvalue weighted by Gasteiger charge is 2.39. The Hall–Kier alpha value is -4.49. The number of nitrogens with zero attached hydrogens (tertiary/aromatic N) is 1. The van der Waals surface area contributed by atoms with Gasteiger partial charge in [-0.15, -0.1) is 0 Å². The van der Waals surface area contributed by atoms with Gasteiger partial charge < -0.3 is 11.1 Å². The van der Waals surface area contributed by atoms with E-state index in [2.05, 4.69) is 5.32 Å². The molecule has 3 N–H and O–H groups in total. The molecule has 5 rings (SSSR count). The third-order valence-corrected chi connectivity index (χ3v) is 6.70. The lowest BCUT2D eigenvalue weighted by Crippen LogP contribution is -2.21.